The number of nitrogens with zero attached hydrogens (tertiary/aromatic N) is 3. The SMILES string of the molecule is CCCc1nc2ccc(Br)cc2c(=O)n1N=Cc1ccc(-c2ccc(OCC)cc2)o1. The molecule has 0 aliphatic carbocycles. The number of aryl methyl sites for hydroxylation is 1. The Balaban J connectivity index is 1.66. The number of benzene rings is 2. The Morgan fingerprint density at radius 2 is 1.94 bits per heavy atom. The molecule has 0 saturated heterocycles. The van der Waals surface area contributed by atoms with Crippen molar-refractivity contribution in [3.05, 3.63) is 81.0 Å². The molecule has 0 spiro atoms. The number of hydrogen-bond acceptors (Lipinski definition) is 5. The summed E-state index contributed by atoms with van der Waals surface area (Å²) in [5.74, 6) is 2.70. The summed E-state index contributed by atoms with van der Waals surface area (Å²) in [7, 11) is 0. The standard InChI is InChI=1S/C24H22BrN3O3/c1-3-5-23-27-21-12-8-17(25)14-20(21)24(29)28(23)26-15-19-11-13-22(31-19)16-6-9-18(10-7-16)30-4-2/h6-15H,3-5H2,1-2H3. The van der Waals surface area contributed by atoms with E-state index in [0.717, 1.165) is 22.2 Å². The minimum absolute atomic E-state index is 0.204. The van der Waals surface area contributed by atoms with Gasteiger partial charge < -0.3 is 9.15 Å². The van der Waals surface area contributed by atoms with Gasteiger partial charge in [0.2, 0.25) is 0 Å². The van der Waals surface area contributed by atoms with Crippen LogP contribution >= 0.6 is 15.9 Å². The van der Waals surface area contributed by atoms with Crippen LogP contribution in [0.1, 0.15) is 31.9 Å². The molecule has 7 heteroatoms. The van der Waals surface area contributed by atoms with Crippen LogP contribution in [0.15, 0.2) is 73.4 Å². The first-order valence-corrected chi connectivity index (χ1v) is 11.0. The molecule has 4 aromatic rings. The fourth-order valence-electron chi connectivity index (χ4n) is 3.27. The number of hydrogen-bond donors (Lipinski definition) is 0. The lowest BCUT2D eigenvalue weighted by Crippen LogP contribution is -2.22. The zero-order valence-electron chi connectivity index (χ0n) is 17.3. The predicted molar refractivity (Wildman–Crippen MR) is 126 cm³/mol. The van der Waals surface area contributed by atoms with Crippen molar-refractivity contribution >= 4 is 33.0 Å². The van der Waals surface area contributed by atoms with E-state index in [0.29, 0.717) is 41.3 Å². The van der Waals surface area contributed by atoms with E-state index >= 15 is 0 Å². The lowest BCUT2D eigenvalue weighted by molar-refractivity contribution is 0.340. The Labute approximate surface area is 188 Å². The molecule has 6 nitrogen and oxygen atoms in total. The predicted octanol–water partition coefficient (Wildman–Crippen LogP) is 5.65. The van der Waals surface area contributed by atoms with Crippen LogP contribution in [0.25, 0.3) is 22.2 Å². The Kier molecular flexibility index (Phi) is 6.32. The van der Waals surface area contributed by atoms with E-state index in [1.807, 2.05) is 62.4 Å². The number of aromatic nitrogens is 2. The van der Waals surface area contributed by atoms with E-state index in [-0.39, 0.29) is 5.56 Å². The summed E-state index contributed by atoms with van der Waals surface area (Å²) in [6.07, 6.45) is 3.05. The molecule has 2 aromatic heterocycles. The third-order valence-electron chi connectivity index (χ3n) is 4.73. The van der Waals surface area contributed by atoms with Crippen LogP contribution in [0, 0.1) is 0 Å². The maximum Gasteiger partial charge on any atom is 0.282 e. The van der Waals surface area contributed by atoms with Crippen LogP contribution in [-0.2, 0) is 6.42 Å². The second-order valence-corrected chi connectivity index (χ2v) is 7.88. The molecule has 0 aliphatic heterocycles. The van der Waals surface area contributed by atoms with E-state index < -0.39 is 0 Å². The average Bonchev–Trinajstić information content (AvgIpc) is 3.24. The van der Waals surface area contributed by atoms with Gasteiger partial charge in [-0.3, -0.25) is 4.79 Å². The third kappa shape index (κ3) is 4.61. The first-order chi connectivity index (χ1) is 15.1. The quantitative estimate of drug-likeness (QED) is 0.321. The van der Waals surface area contributed by atoms with Gasteiger partial charge in [-0.05, 0) is 67.9 Å². The van der Waals surface area contributed by atoms with Crippen molar-refractivity contribution < 1.29 is 9.15 Å². The Morgan fingerprint density at radius 1 is 1.13 bits per heavy atom. The van der Waals surface area contributed by atoms with Gasteiger partial charge >= 0.3 is 0 Å². The normalized spacial score (nSPS) is 11.5. The highest BCUT2D eigenvalue weighted by atomic mass is 79.9. The molecule has 0 atom stereocenters. The van der Waals surface area contributed by atoms with Gasteiger partial charge in [-0.1, -0.05) is 22.9 Å². The van der Waals surface area contributed by atoms with Crippen LogP contribution in [0.5, 0.6) is 5.75 Å². The lowest BCUT2D eigenvalue weighted by Gasteiger charge is -2.08. The number of ether oxygens (including phenoxy) is 1. The molecule has 4 rings (SSSR count). The third-order valence-corrected chi connectivity index (χ3v) is 5.22. The average molecular weight is 480 g/mol. The van der Waals surface area contributed by atoms with Crippen LogP contribution in [-0.4, -0.2) is 22.5 Å². The lowest BCUT2D eigenvalue weighted by atomic mass is 10.2. The largest absolute Gasteiger partial charge is 0.494 e. The van der Waals surface area contributed by atoms with Crippen LogP contribution in [0.3, 0.4) is 0 Å². The van der Waals surface area contributed by atoms with Crippen molar-refractivity contribution in [3.63, 3.8) is 0 Å². The molecule has 2 aromatic carbocycles. The van der Waals surface area contributed by atoms with Crippen molar-refractivity contribution in [2.24, 2.45) is 5.10 Å². The summed E-state index contributed by atoms with van der Waals surface area (Å²) in [5, 5.41) is 4.92. The van der Waals surface area contributed by atoms with E-state index in [4.69, 9.17) is 9.15 Å². The monoisotopic (exact) mass is 479 g/mol. The van der Waals surface area contributed by atoms with Crippen molar-refractivity contribution in [3.8, 4) is 17.1 Å². The van der Waals surface area contributed by atoms with Crippen molar-refractivity contribution in [2.75, 3.05) is 6.61 Å². The molecular weight excluding hydrogens is 458 g/mol. The van der Waals surface area contributed by atoms with Gasteiger partial charge in [0.05, 0.1) is 23.7 Å². The molecule has 0 saturated carbocycles. The summed E-state index contributed by atoms with van der Waals surface area (Å²) in [6.45, 7) is 4.62. The first-order valence-electron chi connectivity index (χ1n) is 10.2. The van der Waals surface area contributed by atoms with Gasteiger partial charge in [-0.2, -0.15) is 9.78 Å². The van der Waals surface area contributed by atoms with Crippen molar-refractivity contribution in [1.82, 2.24) is 9.66 Å². The Hall–Kier alpha value is -3.19. The summed E-state index contributed by atoms with van der Waals surface area (Å²) in [4.78, 5) is 17.7. The van der Waals surface area contributed by atoms with Crippen molar-refractivity contribution in [2.45, 2.75) is 26.7 Å². The molecule has 0 fully saturated rings. The molecule has 0 radical (unpaired) electrons. The van der Waals surface area contributed by atoms with Gasteiger partial charge in [0, 0.05) is 16.5 Å². The van der Waals surface area contributed by atoms with Crippen LogP contribution in [0.4, 0.5) is 0 Å². The Morgan fingerprint density at radius 3 is 2.68 bits per heavy atom. The minimum atomic E-state index is -0.204. The molecule has 0 unspecified atom stereocenters. The maximum absolute atomic E-state index is 13.1. The van der Waals surface area contributed by atoms with Crippen LogP contribution in [0.2, 0.25) is 0 Å². The van der Waals surface area contributed by atoms with E-state index in [2.05, 4.69) is 26.0 Å². The van der Waals surface area contributed by atoms with E-state index in [1.54, 1.807) is 12.3 Å². The minimum Gasteiger partial charge on any atom is -0.494 e. The molecule has 2 heterocycles. The number of furan rings is 1. The summed E-state index contributed by atoms with van der Waals surface area (Å²) < 4.78 is 13.6. The smallest absolute Gasteiger partial charge is 0.282 e. The molecule has 0 amide bonds. The van der Waals surface area contributed by atoms with E-state index in [1.165, 1.54) is 4.68 Å². The Bertz CT molecular complexity index is 1290. The highest BCUT2D eigenvalue weighted by molar-refractivity contribution is 9.10. The topological polar surface area (TPSA) is 69.6 Å². The number of fused-ring (bicyclic) bond motifs is 1. The molecule has 0 N–H and O–H groups in total. The highest BCUT2D eigenvalue weighted by Crippen LogP contribution is 2.24. The van der Waals surface area contributed by atoms with Gasteiger partial charge in [0.25, 0.3) is 5.56 Å². The fourth-order valence-corrected chi connectivity index (χ4v) is 3.63. The summed E-state index contributed by atoms with van der Waals surface area (Å²) in [6, 6.07) is 16.9. The zero-order chi connectivity index (χ0) is 21.8. The van der Waals surface area contributed by atoms with Crippen LogP contribution < -0.4 is 10.3 Å². The highest BCUT2D eigenvalue weighted by Gasteiger charge is 2.11. The number of rotatable bonds is 7. The molecule has 0 aliphatic rings. The zero-order valence-corrected chi connectivity index (χ0v) is 18.9. The summed E-state index contributed by atoms with van der Waals surface area (Å²) >= 11 is 3.42. The van der Waals surface area contributed by atoms with Gasteiger partial charge in [-0.25, -0.2) is 4.98 Å². The number of halogens is 1. The maximum atomic E-state index is 13.1. The van der Waals surface area contributed by atoms with Crippen molar-refractivity contribution in [1.29, 1.82) is 0 Å². The fraction of sp³-hybridized carbons (Fsp3) is 0.208. The molecule has 158 valence electrons. The van der Waals surface area contributed by atoms with Gasteiger partial charge in [-0.15, -0.1) is 0 Å². The summed E-state index contributed by atoms with van der Waals surface area (Å²) in [5.41, 5.74) is 1.40. The van der Waals surface area contributed by atoms with Gasteiger partial charge in [0.1, 0.15) is 23.1 Å². The van der Waals surface area contributed by atoms with Gasteiger partial charge in [0.15, 0.2) is 0 Å². The second-order valence-electron chi connectivity index (χ2n) is 6.96. The second kappa shape index (κ2) is 9.31. The molecule has 0 bridgehead atoms. The molecule has 31 heavy (non-hydrogen) atoms. The van der Waals surface area contributed by atoms with E-state index in [9.17, 15) is 4.79 Å². The molecular formula is C24H22BrN3O3. The first kappa shape index (κ1) is 21.1.